The zero-order valence-electron chi connectivity index (χ0n) is 12.2. The average Bonchev–Trinajstić information content (AvgIpc) is 2.41. The van der Waals surface area contributed by atoms with E-state index in [-0.39, 0.29) is 5.91 Å². The van der Waals surface area contributed by atoms with Gasteiger partial charge in [-0.3, -0.25) is 14.9 Å². The number of nitro groups is 1. The van der Waals surface area contributed by atoms with Crippen LogP contribution in [-0.4, -0.2) is 23.9 Å². The molecule has 0 spiro atoms. The number of carbonyl (C=O) groups is 1. The van der Waals surface area contributed by atoms with Crippen LogP contribution in [0, 0.1) is 21.8 Å². The van der Waals surface area contributed by atoms with Gasteiger partial charge in [-0.1, -0.05) is 19.9 Å². The second-order valence-electron chi connectivity index (χ2n) is 5.17. The highest BCUT2D eigenvalue weighted by atomic mass is 19.1. The normalized spacial score (nSPS) is 10.7. The van der Waals surface area contributed by atoms with E-state index in [1.807, 2.05) is 13.8 Å². The standard InChI is InChI=1S/C14H20FN3O3/c1-10(2)8-17-14(19)5-6-16-9-11-3-4-13(18(20)21)12(15)7-11/h3-4,7,10,16H,5-6,8-9H2,1-2H3,(H,17,19). The van der Waals surface area contributed by atoms with Crippen LogP contribution in [0.3, 0.4) is 0 Å². The summed E-state index contributed by atoms with van der Waals surface area (Å²) < 4.78 is 13.4. The molecule has 7 heteroatoms. The van der Waals surface area contributed by atoms with E-state index in [0.717, 1.165) is 12.1 Å². The minimum atomic E-state index is -0.853. The Morgan fingerprint density at radius 1 is 1.43 bits per heavy atom. The zero-order valence-corrected chi connectivity index (χ0v) is 12.2. The summed E-state index contributed by atoms with van der Waals surface area (Å²) in [7, 11) is 0. The lowest BCUT2D eigenvalue weighted by atomic mass is 10.2. The molecule has 1 rings (SSSR count). The van der Waals surface area contributed by atoms with Crippen LogP contribution in [-0.2, 0) is 11.3 Å². The minimum Gasteiger partial charge on any atom is -0.356 e. The minimum absolute atomic E-state index is 0.0360. The van der Waals surface area contributed by atoms with Gasteiger partial charge < -0.3 is 10.6 Å². The molecule has 0 fully saturated rings. The maximum atomic E-state index is 13.4. The van der Waals surface area contributed by atoms with E-state index in [9.17, 15) is 19.3 Å². The van der Waals surface area contributed by atoms with Crippen molar-refractivity contribution in [2.45, 2.75) is 26.8 Å². The average molecular weight is 297 g/mol. The predicted molar refractivity (Wildman–Crippen MR) is 77.2 cm³/mol. The van der Waals surface area contributed by atoms with Crippen molar-refractivity contribution in [1.29, 1.82) is 0 Å². The quantitative estimate of drug-likeness (QED) is 0.436. The molecule has 1 aromatic carbocycles. The van der Waals surface area contributed by atoms with Crippen molar-refractivity contribution in [3.8, 4) is 0 Å². The molecule has 0 aliphatic heterocycles. The predicted octanol–water partition coefficient (Wildman–Crippen LogP) is 1.99. The number of carbonyl (C=O) groups excluding carboxylic acids is 1. The van der Waals surface area contributed by atoms with Crippen molar-refractivity contribution in [2.75, 3.05) is 13.1 Å². The molecule has 1 amide bonds. The van der Waals surface area contributed by atoms with Gasteiger partial charge in [0.05, 0.1) is 4.92 Å². The monoisotopic (exact) mass is 297 g/mol. The summed E-state index contributed by atoms with van der Waals surface area (Å²) in [6.07, 6.45) is 0.335. The van der Waals surface area contributed by atoms with Crippen molar-refractivity contribution in [3.05, 3.63) is 39.7 Å². The second-order valence-corrected chi connectivity index (χ2v) is 5.17. The van der Waals surface area contributed by atoms with E-state index in [1.54, 1.807) is 0 Å². The molecule has 0 aromatic heterocycles. The molecule has 0 saturated carbocycles. The molecule has 0 bridgehead atoms. The van der Waals surface area contributed by atoms with Gasteiger partial charge >= 0.3 is 5.69 Å². The Hall–Kier alpha value is -2.02. The first kappa shape index (κ1) is 17.0. The van der Waals surface area contributed by atoms with Gasteiger partial charge in [-0.05, 0) is 17.5 Å². The molecule has 0 saturated heterocycles. The first-order chi connectivity index (χ1) is 9.90. The molecule has 2 N–H and O–H groups in total. The lowest BCUT2D eigenvalue weighted by Crippen LogP contribution is -2.30. The number of hydrogen-bond acceptors (Lipinski definition) is 4. The molecule has 116 valence electrons. The van der Waals surface area contributed by atoms with Crippen molar-refractivity contribution in [1.82, 2.24) is 10.6 Å². The van der Waals surface area contributed by atoms with Crippen molar-refractivity contribution in [3.63, 3.8) is 0 Å². The van der Waals surface area contributed by atoms with Gasteiger partial charge in [-0.15, -0.1) is 0 Å². The van der Waals surface area contributed by atoms with Crippen LogP contribution < -0.4 is 10.6 Å². The third-order valence-electron chi connectivity index (χ3n) is 2.77. The number of nitrogens with zero attached hydrogens (tertiary/aromatic N) is 1. The number of nitrogens with one attached hydrogen (secondary N) is 2. The Morgan fingerprint density at radius 2 is 2.14 bits per heavy atom. The highest BCUT2D eigenvalue weighted by molar-refractivity contribution is 5.76. The third-order valence-corrected chi connectivity index (χ3v) is 2.77. The molecule has 0 atom stereocenters. The number of hydrogen-bond donors (Lipinski definition) is 2. The Morgan fingerprint density at radius 3 is 2.71 bits per heavy atom. The summed E-state index contributed by atoms with van der Waals surface area (Å²) in [6, 6.07) is 3.76. The van der Waals surface area contributed by atoms with E-state index in [0.29, 0.717) is 37.5 Å². The maximum absolute atomic E-state index is 13.4. The molecule has 0 unspecified atom stereocenters. The Labute approximate surface area is 122 Å². The molecule has 0 radical (unpaired) electrons. The molecular weight excluding hydrogens is 277 g/mol. The van der Waals surface area contributed by atoms with Crippen LogP contribution in [0.5, 0.6) is 0 Å². The van der Waals surface area contributed by atoms with Gasteiger partial charge in [0.15, 0.2) is 0 Å². The highest BCUT2D eigenvalue weighted by Gasteiger charge is 2.13. The maximum Gasteiger partial charge on any atom is 0.304 e. The van der Waals surface area contributed by atoms with Gasteiger partial charge in [0.1, 0.15) is 0 Å². The van der Waals surface area contributed by atoms with Crippen molar-refractivity contribution >= 4 is 11.6 Å². The molecule has 21 heavy (non-hydrogen) atoms. The molecule has 0 heterocycles. The van der Waals surface area contributed by atoms with E-state index < -0.39 is 16.4 Å². The SMILES string of the molecule is CC(C)CNC(=O)CCNCc1ccc([N+](=O)[O-])c(F)c1. The fraction of sp³-hybridized carbons (Fsp3) is 0.500. The summed E-state index contributed by atoms with van der Waals surface area (Å²) in [6.45, 7) is 5.49. The molecule has 0 aliphatic carbocycles. The van der Waals surface area contributed by atoms with E-state index in [4.69, 9.17) is 0 Å². The molecule has 1 aromatic rings. The third kappa shape index (κ3) is 6.31. The van der Waals surface area contributed by atoms with Crippen molar-refractivity contribution in [2.24, 2.45) is 5.92 Å². The molecule has 6 nitrogen and oxygen atoms in total. The number of amides is 1. The topological polar surface area (TPSA) is 84.3 Å². The summed E-state index contributed by atoms with van der Waals surface area (Å²) in [5.41, 5.74) is 0.0625. The number of rotatable bonds is 8. The van der Waals surface area contributed by atoms with Crippen LogP contribution in [0.1, 0.15) is 25.8 Å². The van der Waals surface area contributed by atoms with Crippen LogP contribution >= 0.6 is 0 Å². The largest absolute Gasteiger partial charge is 0.356 e. The Kier molecular flexibility index (Phi) is 6.74. The second kappa shape index (κ2) is 8.31. The van der Waals surface area contributed by atoms with Crippen LogP contribution in [0.2, 0.25) is 0 Å². The van der Waals surface area contributed by atoms with Crippen LogP contribution in [0.4, 0.5) is 10.1 Å². The smallest absolute Gasteiger partial charge is 0.304 e. The van der Waals surface area contributed by atoms with E-state index >= 15 is 0 Å². The lowest BCUT2D eigenvalue weighted by molar-refractivity contribution is -0.387. The summed E-state index contributed by atoms with van der Waals surface area (Å²) >= 11 is 0. The van der Waals surface area contributed by atoms with E-state index in [1.165, 1.54) is 6.07 Å². The first-order valence-corrected chi connectivity index (χ1v) is 6.80. The Balaban J connectivity index is 2.31. The summed E-state index contributed by atoms with van der Waals surface area (Å²) in [5.74, 6) is -0.481. The molecule has 0 aliphatic rings. The van der Waals surface area contributed by atoms with Crippen molar-refractivity contribution < 1.29 is 14.1 Å². The molecular formula is C14H20FN3O3. The fourth-order valence-electron chi connectivity index (χ4n) is 1.65. The first-order valence-electron chi connectivity index (χ1n) is 6.80. The number of halogens is 1. The van der Waals surface area contributed by atoms with Gasteiger partial charge in [-0.25, -0.2) is 0 Å². The summed E-state index contributed by atoms with van der Waals surface area (Å²) in [5, 5.41) is 16.3. The zero-order chi connectivity index (χ0) is 15.8. The van der Waals surface area contributed by atoms with Gasteiger partial charge in [-0.2, -0.15) is 4.39 Å². The van der Waals surface area contributed by atoms with E-state index in [2.05, 4.69) is 10.6 Å². The lowest BCUT2D eigenvalue weighted by Gasteiger charge is -2.08. The van der Waals surface area contributed by atoms with Crippen LogP contribution in [0.25, 0.3) is 0 Å². The van der Waals surface area contributed by atoms with Crippen LogP contribution in [0.15, 0.2) is 18.2 Å². The van der Waals surface area contributed by atoms with Gasteiger partial charge in [0, 0.05) is 32.1 Å². The number of nitro benzene ring substituents is 1. The summed E-state index contributed by atoms with van der Waals surface area (Å²) in [4.78, 5) is 21.2. The van der Waals surface area contributed by atoms with Gasteiger partial charge in [0.2, 0.25) is 11.7 Å². The number of benzene rings is 1. The Bertz CT molecular complexity index is 506. The van der Waals surface area contributed by atoms with Gasteiger partial charge in [0.25, 0.3) is 0 Å². The highest BCUT2D eigenvalue weighted by Crippen LogP contribution is 2.17. The fourth-order valence-corrected chi connectivity index (χ4v) is 1.65.